The van der Waals surface area contributed by atoms with E-state index in [4.69, 9.17) is 4.74 Å². The maximum Gasteiger partial charge on any atom is 0.326 e. The molecule has 0 aliphatic heterocycles. The molecule has 0 fully saturated rings. The fraction of sp³-hybridized carbons (Fsp3) is 0.300. The average Bonchev–Trinajstić information content (AvgIpc) is 2.97. The molecule has 0 radical (unpaired) electrons. The Kier molecular flexibility index (Phi) is 6.00. The lowest BCUT2D eigenvalue weighted by atomic mass is 10.2. The Morgan fingerprint density at radius 3 is 2.50 bits per heavy atom. The largest absolute Gasteiger partial charge is 0.465 e. The average molecular weight is 419 g/mol. The lowest BCUT2D eigenvalue weighted by Gasteiger charge is -2.06. The van der Waals surface area contributed by atoms with E-state index in [2.05, 4.69) is 11.3 Å². The SMILES string of the molecule is CCOC(=O)Cn1c(=NS(=O)(=O)c2ccc(C)cc2)sc2cc(CC)ccc21. The molecule has 0 N–H and O–H groups in total. The van der Waals surface area contributed by atoms with E-state index in [1.807, 2.05) is 25.1 Å². The van der Waals surface area contributed by atoms with Crippen LogP contribution >= 0.6 is 11.3 Å². The molecule has 0 saturated heterocycles. The smallest absolute Gasteiger partial charge is 0.326 e. The molecule has 0 aliphatic rings. The van der Waals surface area contributed by atoms with Gasteiger partial charge >= 0.3 is 5.97 Å². The van der Waals surface area contributed by atoms with Crippen LogP contribution in [0.3, 0.4) is 0 Å². The van der Waals surface area contributed by atoms with Gasteiger partial charge in [0.2, 0.25) is 4.80 Å². The second kappa shape index (κ2) is 8.28. The zero-order valence-electron chi connectivity index (χ0n) is 16.0. The van der Waals surface area contributed by atoms with Crippen molar-refractivity contribution < 1.29 is 17.9 Å². The number of hydrogen-bond donors (Lipinski definition) is 0. The van der Waals surface area contributed by atoms with Crippen LogP contribution in [0.4, 0.5) is 0 Å². The third-order valence-corrected chi connectivity index (χ3v) is 6.70. The maximum atomic E-state index is 12.8. The van der Waals surface area contributed by atoms with Crippen molar-refractivity contribution in [2.24, 2.45) is 4.40 Å². The van der Waals surface area contributed by atoms with Gasteiger partial charge in [-0.2, -0.15) is 8.42 Å². The van der Waals surface area contributed by atoms with Crippen molar-refractivity contribution in [1.82, 2.24) is 4.57 Å². The molecule has 0 atom stereocenters. The second-order valence-corrected chi connectivity index (χ2v) is 8.92. The molecule has 0 amide bonds. The molecule has 28 heavy (non-hydrogen) atoms. The van der Waals surface area contributed by atoms with Crippen LogP contribution in [-0.4, -0.2) is 25.6 Å². The molecule has 0 bridgehead atoms. The molecule has 0 saturated carbocycles. The second-order valence-electron chi connectivity index (χ2n) is 6.31. The Hall–Kier alpha value is -2.45. The summed E-state index contributed by atoms with van der Waals surface area (Å²) in [6, 6.07) is 12.4. The number of fused-ring (bicyclic) bond motifs is 1. The highest BCUT2D eigenvalue weighted by molar-refractivity contribution is 7.90. The van der Waals surface area contributed by atoms with E-state index < -0.39 is 16.0 Å². The minimum atomic E-state index is -3.90. The first-order chi connectivity index (χ1) is 13.3. The van der Waals surface area contributed by atoms with Gasteiger partial charge < -0.3 is 9.30 Å². The summed E-state index contributed by atoms with van der Waals surface area (Å²) >= 11 is 1.25. The van der Waals surface area contributed by atoms with Crippen LogP contribution in [0.1, 0.15) is 25.0 Å². The first kappa shape index (κ1) is 20.3. The van der Waals surface area contributed by atoms with E-state index in [-0.39, 0.29) is 22.8 Å². The quantitative estimate of drug-likeness (QED) is 0.575. The van der Waals surface area contributed by atoms with Crippen molar-refractivity contribution in [1.29, 1.82) is 0 Å². The summed E-state index contributed by atoms with van der Waals surface area (Å²) in [7, 11) is -3.90. The fourth-order valence-electron chi connectivity index (χ4n) is 2.76. The number of carbonyl (C=O) groups excluding carboxylic acids is 1. The summed E-state index contributed by atoms with van der Waals surface area (Å²) in [5.74, 6) is -0.434. The highest BCUT2D eigenvalue weighted by Crippen LogP contribution is 2.21. The molecule has 1 heterocycles. The highest BCUT2D eigenvalue weighted by atomic mass is 32.2. The van der Waals surface area contributed by atoms with Crippen LogP contribution < -0.4 is 4.80 Å². The number of nitrogens with zero attached hydrogens (tertiary/aromatic N) is 2. The summed E-state index contributed by atoms with van der Waals surface area (Å²) < 4.78 is 37.1. The molecule has 0 spiro atoms. The molecule has 8 heteroatoms. The van der Waals surface area contributed by atoms with Gasteiger partial charge in [0.1, 0.15) is 6.54 Å². The van der Waals surface area contributed by atoms with Gasteiger partial charge in [0, 0.05) is 0 Å². The number of carbonyl (C=O) groups is 1. The third kappa shape index (κ3) is 4.34. The first-order valence-electron chi connectivity index (χ1n) is 8.99. The van der Waals surface area contributed by atoms with Crippen LogP contribution in [0.5, 0.6) is 0 Å². The van der Waals surface area contributed by atoms with Gasteiger partial charge in [-0.05, 0) is 50.1 Å². The van der Waals surface area contributed by atoms with Gasteiger partial charge in [0.05, 0.1) is 21.7 Å². The number of hydrogen-bond acceptors (Lipinski definition) is 5. The van der Waals surface area contributed by atoms with Gasteiger partial charge in [-0.25, -0.2) is 0 Å². The zero-order valence-corrected chi connectivity index (χ0v) is 17.6. The van der Waals surface area contributed by atoms with Crippen molar-refractivity contribution in [3.63, 3.8) is 0 Å². The van der Waals surface area contributed by atoms with Gasteiger partial charge in [-0.1, -0.05) is 42.0 Å². The summed E-state index contributed by atoms with van der Waals surface area (Å²) in [5.41, 5.74) is 2.85. The Balaban J connectivity index is 2.18. The summed E-state index contributed by atoms with van der Waals surface area (Å²) in [6.07, 6.45) is 0.861. The number of thiazole rings is 1. The van der Waals surface area contributed by atoms with Gasteiger partial charge in [0.15, 0.2) is 0 Å². The van der Waals surface area contributed by atoms with Crippen molar-refractivity contribution in [2.75, 3.05) is 6.61 Å². The number of sulfonamides is 1. The van der Waals surface area contributed by atoms with Crippen molar-refractivity contribution in [3.8, 4) is 0 Å². The maximum absolute atomic E-state index is 12.8. The van der Waals surface area contributed by atoms with E-state index in [0.717, 1.165) is 27.8 Å². The standard InChI is InChI=1S/C20H22N2O4S2/c1-4-15-8-11-17-18(12-15)27-20(22(17)13-19(23)26-5-2)21-28(24,25)16-9-6-14(3)7-10-16/h6-12H,4-5,13H2,1-3H3. The van der Waals surface area contributed by atoms with Crippen LogP contribution in [-0.2, 0) is 32.5 Å². The molecular weight excluding hydrogens is 396 g/mol. The zero-order chi connectivity index (χ0) is 20.3. The number of rotatable bonds is 6. The van der Waals surface area contributed by atoms with E-state index in [1.165, 1.54) is 23.5 Å². The molecule has 3 aromatic rings. The molecule has 6 nitrogen and oxygen atoms in total. The monoisotopic (exact) mass is 418 g/mol. The lowest BCUT2D eigenvalue weighted by Crippen LogP contribution is -2.23. The number of ether oxygens (including phenoxy) is 1. The van der Waals surface area contributed by atoms with Crippen LogP contribution in [0, 0.1) is 6.92 Å². The van der Waals surface area contributed by atoms with Crippen LogP contribution in [0.25, 0.3) is 10.2 Å². The molecule has 0 unspecified atom stereocenters. The van der Waals surface area contributed by atoms with E-state index >= 15 is 0 Å². The van der Waals surface area contributed by atoms with E-state index in [1.54, 1.807) is 23.6 Å². The van der Waals surface area contributed by atoms with Crippen molar-refractivity contribution in [3.05, 3.63) is 58.4 Å². The third-order valence-electron chi connectivity index (χ3n) is 4.27. The van der Waals surface area contributed by atoms with Gasteiger partial charge in [0.25, 0.3) is 10.0 Å². The molecule has 0 aliphatic carbocycles. The number of aromatic nitrogens is 1. The van der Waals surface area contributed by atoms with Gasteiger partial charge in [-0.3, -0.25) is 4.79 Å². The topological polar surface area (TPSA) is 77.7 Å². The predicted molar refractivity (Wildman–Crippen MR) is 110 cm³/mol. The predicted octanol–water partition coefficient (Wildman–Crippen LogP) is 3.43. The van der Waals surface area contributed by atoms with Crippen LogP contribution in [0.2, 0.25) is 0 Å². The minimum Gasteiger partial charge on any atom is -0.465 e. The molecular formula is C20H22N2O4S2. The minimum absolute atomic E-state index is 0.0957. The van der Waals surface area contributed by atoms with Crippen molar-refractivity contribution in [2.45, 2.75) is 38.6 Å². The normalized spacial score (nSPS) is 12.5. The molecule has 3 rings (SSSR count). The number of benzene rings is 2. The summed E-state index contributed by atoms with van der Waals surface area (Å²) in [6.45, 7) is 5.83. The Labute approximate surface area is 168 Å². The Bertz CT molecular complexity index is 1170. The number of esters is 1. The van der Waals surface area contributed by atoms with E-state index in [0.29, 0.717) is 0 Å². The van der Waals surface area contributed by atoms with Crippen molar-refractivity contribution >= 4 is 37.5 Å². The summed E-state index contributed by atoms with van der Waals surface area (Å²) in [5, 5.41) is 0. The van der Waals surface area contributed by atoms with Crippen LogP contribution in [0.15, 0.2) is 51.8 Å². The molecule has 1 aromatic heterocycles. The summed E-state index contributed by atoms with van der Waals surface area (Å²) in [4.78, 5) is 12.4. The van der Waals surface area contributed by atoms with E-state index in [9.17, 15) is 13.2 Å². The number of aryl methyl sites for hydroxylation is 2. The lowest BCUT2D eigenvalue weighted by molar-refractivity contribution is -0.143. The van der Waals surface area contributed by atoms with Gasteiger partial charge in [-0.15, -0.1) is 4.40 Å². The first-order valence-corrected chi connectivity index (χ1v) is 11.2. The Morgan fingerprint density at radius 2 is 1.86 bits per heavy atom. The molecule has 148 valence electrons. The highest BCUT2D eigenvalue weighted by Gasteiger charge is 2.16. The Morgan fingerprint density at radius 1 is 1.14 bits per heavy atom. The molecule has 2 aromatic carbocycles. The fourth-order valence-corrected chi connectivity index (χ4v) is 5.06.